The van der Waals surface area contributed by atoms with Crippen LogP contribution in [0.2, 0.25) is 0 Å². The van der Waals surface area contributed by atoms with E-state index in [4.69, 9.17) is 0 Å². The molecule has 2 aromatic heterocycles. The van der Waals surface area contributed by atoms with Crippen molar-refractivity contribution in [1.82, 2.24) is 0 Å². The summed E-state index contributed by atoms with van der Waals surface area (Å²) in [6.45, 7) is 6.57. The molecule has 22 heavy (non-hydrogen) atoms. The molecule has 0 saturated heterocycles. The Labute approximate surface area is 169 Å². The highest BCUT2D eigenvalue weighted by Gasteiger charge is 2.02. The Hall–Kier alpha value is -0.240. The minimum atomic E-state index is 0. The zero-order valence-corrected chi connectivity index (χ0v) is 18.2. The lowest BCUT2D eigenvalue weighted by atomic mass is 10.2. The fourth-order valence-electron chi connectivity index (χ4n) is 2.53. The van der Waals surface area contributed by atoms with E-state index in [0.29, 0.717) is 0 Å². The number of halogens is 2. The van der Waals surface area contributed by atoms with Gasteiger partial charge in [0.05, 0.1) is 0 Å². The maximum absolute atomic E-state index is 2.30. The summed E-state index contributed by atoms with van der Waals surface area (Å²) in [4.78, 5) is 0. The lowest BCUT2D eigenvalue weighted by Gasteiger charge is -2.00. The second-order valence-electron chi connectivity index (χ2n) is 5.65. The molecule has 2 rings (SSSR count). The summed E-state index contributed by atoms with van der Waals surface area (Å²) in [5.74, 6) is 0. The number of aryl methyl sites for hydroxylation is 4. The fraction of sp³-hybridized carbons (Fsp3) is 0.444. The van der Waals surface area contributed by atoms with Gasteiger partial charge in [0.1, 0.15) is 13.1 Å². The van der Waals surface area contributed by atoms with Crippen LogP contribution in [0.1, 0.15) is 36.8 Å². The maximum atomic E-state index is 2.30. The standard InChI is InChI=1S/C18H26N2.2HI/c1-17-9-7-13-19(15-17)11-5-3-4-6-12-20-14-8-10-18(2)16-20;;/h7-10,13-16H,3-6,11-12H2,1-2H3;2*1H/q+2;;. The third-order valence-corrected chi connectivity index (χ3v) is 3.59. The predicted octanol–water partition coefficient (Wildman–Crippen LogP) is 4.38. The fourth-order valence-corrected chi connectivity index (χ4v) is 2.53. The van der Waals surface area contributed by atoms with E-state index in [9.17, 15) is 0 Å². The van der Waals surface area contributed by atoms with Gasteiger partial charge in [-0.15, -0.1) is 48.0 Å². The Morgan fingerprint density at radius 3 is 1.45 bits per heavy atom. The molecule has 122 valence electrons. The Kier molecular flexibility index (Phi) is 12.1. The van der Waals surface area contributed by atoms with Gasteiger partial charge in [-0.05, 0) is 38.8 Å². The first kappa shape index (κ1) is 21.8. The van der Waals surface area contributed by atoms with Crippen molar-refractivity contribution >= 4 is 48.0 Å². The lowest BCUT2D eigenvalue weighted by molar-refractivity contribution is -0.699. The molecule has 4 heteroatoms. The first-order chi connectivity index (χ1) is 9.74. The van der Waals surface area contributed by atoms with Crippen LogP contribution >= 0.6 is 48.0 Å². The second kappa shape index (κ2) is 12.2. The molecule has 0 radical (unpaired) electrons. The average Bonchev–Trinajstić information content (AvgIpc) is 2.43. The molecular weight excluding hydrogens is 498 g/mol. The summed E-state index contributed by atoms with van der Waals surface area (Å²) in [5, 5.41) is 0. The van der Waals surface area contributed by atoms with Gasteiger partial charge in [-0.1, -0.05) is 0 Å². The van der Waals surface area contributed by atoms with Gasteiger partial charge in [-0.3, -0.25) is 0 Å². The van der Waals surface area contributed by atoms with Gasteiger partial charge in [0.15, 0.2) is 24.8 Å². The minimum Gasteiger partial charge on any atom is -0.205 e. The molecule has 0 saturated carbocycles. The van der Waals surface area contributed by atoms with Crippen molar-refractivity contribution in [2.75, 3.05) is 0 Å². The Bertz CT molecular complexity index is 495. The third-order valence-electron chi connectivity index (χ3n) is 3.59. The molecule has 0 amide bonds. The number of hydrogen-bond acceptors (Lipinski definition) is 0. The molecule has 0 aliphatic carbocycles. The quantitative estimate of drug-likeness (QED) is 0.288. The predicted molar refractivity (Wildman–Crippen MR) is 112 cm³/mol. The number of hydrogen-bond donors (Lipinski definition) is 0. The van der Waals surface area contributed by atoms with Crippen molar-refractivity contribution in [1.29, 1.82) is 0 Å². The topological polar surface area (TPSA) is 7.76 Å². The van der Waals surface area contributed by atoms with E-state index >= 15 is 0 Å². The van der Waals surface area contributed by atoms with Gasteiger partial charge < -0.3 is 0 Å². The number of unbranched alkanes of at least 4 members (excludes halogenated alkanes) is 3. The first-order valence-electron chi connectivity index (χ1n) is 7.65. The highest BCUT2D eigenvalue weighted by atomic mass is 127. The van der Waals surface area contributed by atoms with Crippen LogP contribution in [0, 0.1) is 13.8 Å². The molecule has 2 heterocycles. The third kappa shape index (κ3) is 8.41. The van der Waals surface area contributed by atoms with Crippen LogP contribution in [0.15, 0.2) is 49.1 Å². The lowest BCUT2D eigenvalue weighted by Crippen LogP contribution is -2.33. The summed E-state index contributed by atoms with van der Waals surface area (Å²) < 4.78 is 4.59. The van der Waals surface area contributed by atoms with E-state index in [-0.39, 0.29) is 48.0 Å². The zero-order valence-electron chi connectivity index (χ0n) is 13.6. The number of pyridine rings is 2. The van der Waals surface area contributed by atoms with Gasteiger partial charge in [0.25, 0.3) is 0 Å². The second-order valence-corrected chi connectivity index (χ2v) is 5.65. The first-order valence-corrected chi connectivity index (χ1v) is 7.65. The van der Waals surface area contributed by atoms with Crippen LogP contribution in [-0.2, 0) is 13.1 Å². The molecule has 0 bridgehead atoms. The van der Waals surface area contributed by atoms with Gasteiger partial charge >= 0.3 is 0 Å². The molecule has 2 aromatic rings. The Morgan fingerprint density at radius 2 is 1.09 bits per heavy atom. The summed E-state index contributed by atoms with van der Waals surface area (Å²) in [6, 6.07) is 8.55. The number of nitrogens with zero attached hydrogens (tertiary/aromatic N) is 2. The number of rotatable bonds is 7. The molecule has 0 aliphatic heterocycles. The molecule has 0 atom stereocenters. The highest BCUT2D eigenvalue weighted by molar-refractivity contribution is 14.0. The molecule has 0 spiro atoms. The van der Waals surface area contributed by atoms with Crippen molar-refractivity contribution in [3.8, 4) is 0 Å². The smallest absolute Gasteiger partial charge is 0.171 e. The van der Waals surface area contributed by atoms with E-state index < -0.39 is 0 Å². The minimum absolute atomic E-state index is 0. The summed E-state index contributed by atoms with van der Waals surface area (Å²) in [5.41, 5.74) is 2.67. The van der Waals surface area contributed by atoms with Crippen LogP contribution in [-0.4, -0.2) is 0 Å². The van der Waals surface area contributed by atoms with E-state index in [1.54, 1.807) is 0 Å². The van der Waals surface area contributed by atoms with E-state index in [2.05, 4.69) is 72.0 Å². The largest absolute Gasteiger partial charge is 0.205 e. The molecule has 2 nitrogen and oxygen atoms in total. The molecule has 0 fully saturated rings. The van der Waals surface area contributed by atoms with Crippen molar-refractivity contribution in [2.24, 2.45) is 0 Å². The summed E-state index contributed by atoms with van der Waals surface area (Å²) >= 11 is 0. The Morgan fingerprint density at radius 1 is 0.682 bits per heavy atom. The van der Waals surface area contributed by atoms with Crippen LogP contribution in [0.4, 0.5) is 0 Å². The maximum Gasteiger partial charge on any atom is 0.171 e. The van der Waals surface area contributed by atoms with Crippen molar-refractivity contribution in [2.45, 2.75) is 52.6 Å². The van der Waals surface area contributed by atoms with Gasteiger partial charge in [0.2, 0.25) is 0 Å². The van der Waals surface area contributed by atoms with Crippen molar-refractivity contribution in [3.63, 3.8) is 0 Å². The normalized spacial score (nSPS) is 9.73. The summed E-state index contributed by atoms with van der Waals surface area (Å²) in [7, 11) is 0. The Balaban J connectivity index is 0.00000220. The van der Waals surface area contributed by atoms with Crippen molar-refractivity contribution < 1.29 is 9.13 Å². The molecule has 0 N–H and O–H groups in total. The van der Waals surface area contributed by atoms with Gasteiger partial charge in [-0.25, -0.2) is 9.13 Å². The monoisotopic (exact) mass is 526 g/mol. The van der Waals surface area contributed by atoms with Crippen LogP contribution in [0.3, 0.4) is 0 Å². The molecular formula is C18H28I2N2+2. The van der Waals surface area contributed by atoms with Crippen LogP contribution < -0.4 is 9.13 Å². The SMILES string of the molecule is Cc1ccc[n+](CCCCCC[n+]2cccc(C)c2)c1.I.I. The summed E-state index contributed by atoms with van der Waals surface area (Å²) in [6.07, 6.45) is 13.9. The molecule has 0 aliphatic rings. The molecule has 0 aromatic carbocycles. The number of aromatic nitrogens is 2. The van der Waals surface area contributed by atoms with E-state index in [1.807, 2.05) is 0 Å². The van der Waals surface area contributed by atoms with Gasteiger partial charge in [0, 0.05) is 36.1 Å². The van der Waals surface area contributed by atoms with Crippen LogP contribution in [0.5, 0.6) is 0 Å². The van der Waals surface area contributed by atoms with Crippen LogP contribution in [0.25, 0.3) is 0 Å². The van der Waals surface area contributed by atoms with Crippen molar-refractivity contribution in [3.05, 3.63) is 60.2 Å². The van der Waals surface area contributed by atoms with Gasteiger partial charge in [-0.2, -0.15) is 0 Å². The van der Waals surface area contributed by atoms with E-state index in [1.165, 1.54) is 36.8 Å². The average molecular weight is 526 g/mol. The zero-order chi connectivity index (χ0) is 14.2. The van der Waals surface area contributed by atoms with E-state index in [0.717, 1.165) is 13.1 Å². The highest BCUT2D eigenvalue weighted by Crippen LogP contribution is 2.01. The molecule has 0 unspecified atom stereocenters.